The van der Waals surface area contributed by atoms with E-state index in [0.717, 1.165) is 5.69 Å². The molecule has 102 valence electrons. The van der Waals surface area contributed by atoms with Crippen LogP contribution in [0, 0.1) is 11.3 Å². The molecule has 1 aromatic rings. The number of ether oxygens (including phenoxy) is 1. The fourth-order valence-electron chi connectivity index (χ4n) is 2.54. The van der Waals surface area contributed by atoms with Gasteiger partial charge in [-0.25, -0.2) is 0 Å². The van der Waals surface area contributed by atoms with E-state index in [1.54, 1.807) is 11.8 Å². The Morgan fingerprint density at radius 3 is 2.58 bits per heavy atom. The summed E-state index contributed by atoms with van der Waals surface area (Å²) < 4.78 is 5.03. The number of benzene rings is 1. The van der Waals surface area contributed by atoms with Crippen molar-refractivity contribution in [1.82, 2.24) is 0 Å². The predicted molar refractivity (Wildman–Crippen MR) is 72.7 cm³/mol. The number of para-hydroxylation sites is 1. The molecule has 19 heavy (non-hydrogen) atoms. The zero-order valence-electron chi connectivity index (χ0n) is 11.6. The molecule has 0 spiro atoms. The van der Waals surface area contributed by atoms with Gasteiger partial charge in [0, 0.05) is 17.6 Å². The Hall–Kier alpha value is -1.84. The Kier molecular flexibility index (Phi) is 3.60. The van der Waals surface area contributed by atoms with Crippen LogP contribution in [0.1, 0.15) is 20.8 Å². The molecule has 2 rings (SSSR count). The van der Waals surface area contributed by atoms with Crippen LogP contribution >= 0.6 is 0 Å². The zero-order valence-corrected chi connectivity index (χ0v) is 11.6. The summed E-state index contributed by atoms with van der Waals surface area (Å²) in [5.41, 5.74) is 0.409. The van der Waals surface area contributed by atoms with Crippen molar-refractivity contribution in [1.29, 1.82) is 0 Å². The number of hydrogen-bond donors (Lipinski definition) is 0. The molecule has 1 aromatic carbocycles. The molecule has 1 fully saturated rings. The SMILES string of the molecule is CCOC(=O)C1C(=O)N(c2ccccc2)CC1(C)C. The lowest BCUT2D eigenvalue weighted by Crippen LogP contribution is -2.34. The summed E-state index contributed by atoms with van der Waals surface area (Å²) in [4.78, 5) is 26.1. The molecule has 0 radical (unpaired) electrons. The van der Waals surface area contributed by atoms with Crippen LogP contribution in [-0.4, -0.2) is 25.0 Å². The van der Waals surface area contributed by atoms with Gasteiger partial charge in [-0.3, -0.25) is 9.59 Å². The third kappa shape index (κ3) is 2.48. The molecule has 1 amide bonds. The predicted octanol–water partition coefficient (Wildman–Crippen LogP) is 2.24. The number of carbonyl (C=O) groups is 2. The van der Waals surface area contributed by atoms with E-state index in [0.29, 0.717) is 13.2 Å². The summed E-state index contributed by atoms with van der Waals surface area (Å²) in [6.45, 7) is 6.42. The van der Waals surface area contributed by atoms with Crippen molar-refractivity contribution in [2.24, 2.45) is 11.3 Å². The van der Waals surface area contributed by atoms with E-state index in [-0.39, 0.29) is 5.91 Å². The Morgan fingerprint density at radius 2 is 2.00 bits per heavy atom. The van der Waals surface area contributed by atoms with Gasteiger partial charge in [-0.15, -0.1) is 0 Å². The first kappa shape index (κ1) is 13.6. The number of amides is 1. The second-order valence-corrected chi connectivity index (χ2v) is 5.43. The highest BCUT2D eigenvalue weighted by molar-refractivity contribution is 6.09. The van der Waals surface area contributed by atoms with Gasteiger partial charge in [0.1, 0.15) is 5.92 Å². The summed E-state index contributed by atoms with van der Waals surface area (Å²) >= 11 is 0. The molecular formula is C15H19NO3. The Bertz CT molecular complexity index is 481. The Balaban J connectivity index is 2.29. The van der Waals surface area contributed by atoms with Crippen LogP contribution in [0.25, 0.3) is 0 Å². The minimum absolute atomic E-state index is 0.172. The van der Waals surface area contributed by atoms with Gasteiger partial charge in [0.2, 0.25) is 5.91 Å². The van der Waals surface area contributed by atoms with E-state index in [9.17, 15) is 9.59 Å². The molecule has 0 bridgehead atoms. The summed E-state index contributed by atoms with van der Waals surface area (Å²) in [7, 11) is 0. The second kappa shape index (κ2) is 5.03. The van der Waals surface area contributed by atoms with Crippen molar-refractivity contribution < 1.29 is 14.3 Å². The molecule has 1 saturated heterocycles. The van der Waals surface area contributed by atoms with Crippen LogP contribution < -0.4 is 4.90 Å². The maximum absolute atomic E-state index is 12.5. The molecule has 1 unspecified atom stereocenters. The molecule has 1 atom stereocenters. The third-order valence-electron chi connectivity index (χ3n) is 3.45. The summed E-state index contributed by atoms with van der Waals surface area (Å²) in [5.74, 6) is -1.31. The van der Waals surface area contributed by atoms with Crippen LogP contribution in [0.3, 0.4) is 0 Å². The van der Waals surface area contributed by atoms with Crippen LogP contribution in [0.15, 0.2) is 30.3 Å². The summed E-state index contributed by atoms with van der Waals surface area (Å²) in [6.07, 6.45) is 0. The lowest BCUT2D eigenvalue weighted by molar-refractivity contribution is -0.153. The first-order valence-electron chi connectivity index (χ1n) is 6.50. The van der Waals surface area contributed by atoms with Gasteiger partial charge in [-0.05, 0) is 19.1 Å². The molecule has 0 aliphatic carbocycles. The van der Waals surface area contributed by atoms with Gasteiger partial charge in [0.15, 0.2) is 0 Å². The molecule has 1 aliphatic rings. The molecular weight excluding hydrogens is 242 g/mol. The third-order valence-corrected chi connectivity index (χ3v) is 3.45. The topological polar surface area (TPSA) is 46.6 Å². The van der Waals surface area contributed by atoms with Crippen LogP contribution in [-0.2, 0) is 14.3 Å². The van der Waals surface area contributed by atoms with Crippen molar-refractivity contribution >= 4 is 17.6 Å². The van der Waals surface area contributed by atoms with E-state index >= 15 is 0 Å². The van der Waals surface area contributed by atoms with Crippen molar-refractivity contribution in [3.63, 3.8) is 0 Å². The molecule has 0 saturated carbocycles. The normalized spacial score (nSPS) is 21.5. The lowest BCUT2D eigenvalue weighted by atomic mass is 9.82. The van der Waals surface area contributed by atoms with Crippen molar-refractivity contribution in [3.8, 4) is 0 Å². The monoisotopic (exact) mass is 261 g/mol. The van der Waals surface area contributed by atoms with E-state index < -0.39 is 17.3 Å². The number of anilines is 1. The number of nitrogens with zero attached hydrogens (tertiary/aromatic N) is 1. The maximum atomic E-state index is 12.5. The quantitative estimate of drug-likeness (QED) is 0.619. The Morgan fingerprint density at radius 1 is 1.37 bits per heavy atom. The molecule has 1 aliphatic heterocycles. The number of rotatable bonds is 3. The number of carbonyl (C=O) groups excluding carboxylic acids is 2. The highest BCUT2D eigenvalue weighted by Gasteiger charge is 2.51. The minimum Gasteiger partial charge on any atom is -0.465 e. The van der Waals surface area contributed by atoms with Gasteiger partial charge in [0.25, 0.3) is 0 Å². The highest BCUT2D eigenvalue weighted by Crippen LogP contribution is 2.39. The first-order valence-corrected chi connectivity index (χ1v) is 6.50. The average Bonchev–Trinajstić information content (AvgIpc) is 2.61. The van der Waals surface area contributed by atoms with Crippen molar-refractivity contribution in [2.75, 3.05) is 18.1 Å². The second-order valence-electron chi connectivity index (χ2n) is 5.43. The summed E-state index contributed by atoms with van der Waals surface area (Å²) in [5, 5.41) is 0. The van der Waals surface area contributed by atoms with Crippen LogP contribution in [0.5, 0.6) is 0 Å². The number of hydrogen-bond acceptors (Lipinski definition) is 3. The zero-order chi connectivity index (χ0) is 14.0. The Labute approximate surface area is 113 Å². The fourth-order valence-corrected chi connectivity index (χ4v) is 2.54. The van der Waals surface area contributed by atoms with Crippen molar-refractivity contribution in [3.05, 3.63) is 30.3 Å². The average molecular weight is 261 g/mol. The van der Waals surface area contributed by atoms with E-state index in [2.05, 4.69) is 0 Å². The fraction of sp³-hybridized carbons (Fsp3) is 0.467. The van der Waals surface area contributed by atoms with Crippen LogP contribution in [0.4, 0.5) is 5.69 Å². The van der Waals surface area contributed by atoms with E-state index in [4.69, 9.17) is 4.74 Å². The standard InChI is InChI=1S/C15H19NO3/c1-4-19-14(18)12-13(17)16(10-15(12,2)3)11-8-6-5-7-9-11/h5-9,12H,4,10H2,1-3H3. The van der Waals surface area contributed by atoms with Gasteiger partial charge in [-0.2, -0.15) is 0 Å². The minimum atomic E-state index is -0.715. The van der Waals surface area contributed by atoms with E-state index in [1.807, 2.05) is 44.2 Å². The molecule has 0 N–H and O–H groups in total. The largest absolute Gasteiger partial charge is 0.465 e. The smallest absolute Gasteiger partial charge is 0.319 e. The molecule has 1 heterocycles. The molecule has 4 nitrogen and oxygen atoms in total. The van der Waals surface area contributed by atoms with Crippen molar-refractivity contribution in [2.45, 2.75) is 20.8 Å². The molecule has 4 heteroatoms. The number of esters is 1. The van der Waals surface area contributed by atoms with E-state index in [1.165, 1.54) is 0 Å². The molecule has 0 aromatic heterocycles. The maximum Gasteiger partial charge on any atom is 0.319 e. The first-order chi connectivity index (χ1) is 8.97. The summed E-state index contributed by atoms with van der Waals surface area (Å²) in [6, 6.07) is 9.42. The van der Waals surface area contributed by atoms with Gasteiger partial charge in [-0.1, -0.05) is 32.0 Å². The lowest BCUT2D eigenvalue weighted by Gasteiger charge is -2.22. The van der Waals surface area contributed by atoms with Gasteiger partial charge >= 0.3 is 5.97 Å². The van der Waals surface area contributed by atoms with Gasteiger partial charge in [0.05, 0.1) is 6.61 Å². The van der Waals surface area contributed by atoms with Crippen LogP contribution in [0.2, 0.25) is 0 Å². The van der Waals surface area contributed by atoms with Gasteiger partial charge < -0.3 is 9.64 Å². The highest BCUT2D eigenvalue weighted by atomic mass is 16.5.